The fraction of sp³-hybridized carbons (Fsp3) is 0.487. The average Bonchev–Trinajstić information content (AvgIpc) is 3.88. The Morgan fingerprint density at radius 2 is 1.38 bits per heavy atom. The van der Waals surface area contributed by atoms with Crippen LogP contribution in [-0.2, 0) is 25.7 Å². The highest BCUT2D eigenvalue weighted by atomic mass is 16.5. The van der Waals surface area contributed by atoms with E-state index in [4.69, 9.17) is 31.1 Å². The van der Waals surface area contributed by atoms with E-state index in [-0.39, 0.29) is 0 Å². The molecule has 45 heavy (non-hydrogen) atoms. The molecular weight excluding hydrogens is 558 g/mol. The Morgan fingerprint density at radius 3 is 2.20 bits per heavy atom. The van der Waals surface area contributed by atoms with Crippen LogP contribution in [0, 0.1) is 0 Å². The van der Waals surface area contributed by atoms with Crippen LogP contribution in [0.2, 0.25) is 0 Å². The van der Waals surface area contributed by atoms with E-state index >= 15 is 0 Å². The second-order valence-corrected chi connectivity index (χ2v) is 13.7. The summed E-state index contributed by atoms with van der Waals surface area (Å²) in [6.45, 7) is 3.91. The molecule has 3 aromatic carbocycles. The highest BCUT2D eigenvalue weighted by molar-refractivity contribution is 5.83. The van der Waals surface area contributed by atoms with Crippen molar-refractivity contribution in [2.75, 3.05) is 32.8 Å². The van der Waals surface area contributed by atoms with E-state index in [9.17, 15) is 0 Å². The number of hydrogen-bond acceptors (Lipinski definition) is 6. The normalized spacial score (nSPS) is 23.5. The first-order chi connectivity index (χ1) is 22.2. The Morgan fingerprint density at radius 1 is 0.644 bits per heavy atom. The van der Waals surface area contributed by atoms with Crippen LogP contribution in [0.5, 0.6) is 11.5 Å². The zero-order valence-electron chi connectivity index (χ0n) is 26.4. The van der Waals surface area contributed by atoms with Gasteiger partial charge in [-0.3, -0.25) is 0 Å². The van der Waals surface area contributed by atoms with Crippen molar-refractivity contribution in [2.24, 2.45) is 17.2 Å². The van der Waals surface area contributed by atoms with Gasteiger partial charge in [-0.15, -0.1) is 0 Å². The highest BCUT2D eigenvalue weighted by Crippen LogP contribution is 2.55. The monoisotopic (exact) mass is 605 g/mol. The van der Waals surface area contributed by atoms with E-state index in [2.05, 4.69) is 36.4 Å². The van der Waals surface area contributed by atoms with Gasteiger partial charge in [-0.2, -0.15) is 0 Å². The maximum atomic E-state index is 6.32. The van der Waals surface area contributed by atoms with Gasteiger partial charge in [0.05, 0.1) is 19.5 Å². The van der Waals surface area contributed by atoms with E-state index in [1.54, 1.807) is 17.4 Å². The number of aryl methyl sites for hydroxylation is 2. The third kappa shape index (κ3) is 4.88. The molecular formula is C39H47N3O3. The molecule has 0 radical (unpaired) electrons. The van der Waals surface area contributed by atoms with Crippen LogP contribution < -0.4 is 26.7 Å². The minimum absolute atomic E-state index is 0.410. The molecule has 1 unspecified atom stereocenters. The third-order valence-electron chi connectivity index (χ3n) is 11.4. The summed E-state index contributed by atoms with van der Waals surface area (Å²) in [5, 5.41) is 1.29. The van der Waals surface area contributed by atoms with Gasteiger partial charge >= 0.3 is 0 Å². The van der Waals surface area contributed by atoms with Crippen molar-refractivity contribution in [2.45, 2.75) is 87.9 Å². The Hall–Kier alpha value is -3.32. The molecule has 6 N–H and O–H groups in total. The highest BCUT2D eigenvalue weighted by Gasteiger charge is 2.40. The van der Waals surface area contributed by atoms with Crippen molar-refractivity contribution in [1.82, 2.24) is 0 Å². The van der Waals surface area contributed by atoms with Gasteiger partial charge in [-0.25, -0.2) is 0 Å². The average molecular weight is 606 g/mol. The van der Waals surface area contributed by atoms with Crippen LogP contribution in [0.4, 0.5) is 0 Å². The van der Waals surface area contributed by atoms with Gasteiger partial charge in [0.2, 0.25) is 0 Å². The summed E-state index contributed by atoms with van der Waals surface area (Å²) >= 11 is 0. The second kappa shape index (κ2) is 12.1. The van der Waals surface area contributed by atoms with Crippen LogP contribution >= 0.6 is 0 Å². The lowest BCUT2D eigenvalue weighted by Crippen LogP contribution is -2.08. The minimum atomic E-state index is 0.410. The fourth-order valence-corrected chi connectivity index (χ4v) is 9.60. The molecule has 9 rings (SSSR count). The lowest BCUT2D eigenvalue weighted by atomic mass is 9.84. The maximum Gasteiger partial charge on any atom is 0.134 e. The van der Waals surface area contributed by atoms with Gasteiger partial charge < -0.3 is 31.1 Å². The van der Waals surface area contributed by atoms with Crippen LogP contribution in [0.15, 0.2) is 47.1 Å². The largest absolute Gasteiger partial charge is 0.493 e. The standard InChI is InChI=1S/C26H32N2O2.C13H15NO/c27-9-5-15-1-2-16-14-22(26-20(24(15)16)8-12-30-26)21-13-17(6-10-28)25-18(21)3-4-23-19(25)7-11-29-23;14-7-5-10-2-1-9-3-4-12-11(13(9)10)6-8-15-12/h3-4,14-15,17,21H,1-2,5-13,27-28H2;3-4,6,8,10H,1-2,5,7,14H2/t15-,17+,21?;10-/m00/s1. The zero-order valence-corrected chi connectivity index (χ0v) is 26.4. The van der Waals surface area contributed by atoms with Gasteiger partial charge in [0.25, 0.3) is 0 Å². The molecule has 6 nitrogen and oxygen atoms in total. The number of ether oxygens (including phenoxy) is 2. The summed E-state index contributed by atoms with van der Waals surface area (Å²) in [5.74, 6) is 4.49. The van der Waals surface area contributed by atoms with E-state index in [1.807, 2.05) is 0 Å². The van der Waals surface area contributed by atoms with Crippen LogP contribution in [0.25, 0.3) is 11.0 Å². The Labute approximate surface area is 266 Å². The quantitative estimate of drug-likeness (QED) is 0.216. The van der Waals surface area contributed by atoms with Crippen molar-refractivity contribution in [3.05, 3.63) is 92.7 Å². The molecule has 0 spiro atoms. The van der Waals surface area contributed by atoms with Gasteiger partial charge in [0, 0.05) is 40.8 Å². The number of benzene rings is 3. The molecule has 6 heteroatoms. The number of nitrogens with two attached hydrogens (primary N) is 3. The molecule has 3 heterocycles. The van der Waals surface area contributed by atoms with E-state index < -0.39 is 0 Å². The Kier molecular flexibility index (Phi) is 7.84. The maximum absolute atomic E-state index is 6.32. The summed E-state index contributed by atoms with van der Waals surface area (Å²) in [4.78, 5) is 0. The van der Waals surface area contributed by atoms with Gasteiger partial charge in [-0.05, 0) is 140 Å². The molecule has 3 aliphatic carbocycles. The molecule has 2 aliphatic heterocycles. The van der Waals surface area contributed by atoms with Crippen molar-refractivity contribution in [1.29, 1.82) is 0 Å². The molecule has 5 aliphatic rings. The van der Waals surface area contributed by atoms with E-state index in [0.29, 0.717) is 23.7 Å². The smallest absolute Gasteiger partial charge is 0.134 e. The van der Waals surface area contributed by atoms with Crippen LogP contribution in [-0.4, -0.2) is 32.8 Å². The summed E-state index contributed by atoms with van der Waals surface area (Å²) < 4.78 is 17.6. The number of furan rings is 1. The molecule has 0 fully saturated rings. The molecule has 1 aromatic heterocycles. The minimum Gasteiger partial charge on any atom is -0.493 e. The van der Waals surface area contributed by atoms with Crippen molar-refractivity contribution >= 4 is 11.0 Å². The molecule has 4 atom stereocenters. The van der Waals surface area contributed by atoms with Crippen molar-refractivity contribution in [3.8, 4) is 11.5 Å². The summed E-state index contributed by atoms with van der Waals surface area (Å²) in [7, 11) is 0. The predicted molar refractivity (Wildman–Crippen MR) is 180 cm³/mol. The molecule has 0 saturated carbocycles. The predicted octanol–water partition coefficient (Wildman–Crippen LogP) is 6.71. The number of fused-ring (bicyclic) bond motifs is 9. The molecule has 0 bridgehead atoms. The molecule has 0 amide bonds. The van der Waals surface area contributed by atoms with Gasteiger partial charge in [0.15, 0.2) is 0 Å². The van der Waals surface area contributed by atoms with E-state index in [0.717, 1.165) is 82.7 Å². The number of hydrogen-bond donors (Lipinski definition) is 3. The number of rotatable bonds is 7. The summed E-state index contributed by atoms with van der Waals surface area (Å²) in [6, 6.07) is 13.4. The molecule has 236 valence electrons. The topological polar surface area (TPSA) is 110 Å². The van der Waals surface area contributed by atoms with Crippen molar-refractivity contribution in [3.63, 3.8) is 0 Å². The van der Waals surface area contributed by atoms with Crippen molar-refractivity contribution < 1.29 is 13.9 Å². The fourth-order valence-electron chi connectivity index (χ4n) is 9.60. The second-order valence-electron chi connectivity index (χ2n) is 13.7. The first-order valence-corrected chi connectivity index (χ1v) is 17.4. The zero-order chi connectivity index (χ0) is 30.5. The summed E-state index contributed by atoms with van der Waals surface area (Å²) in [5.41, 5.74) is 32.1. The molecule has 0 saturated heterocycles. The lowest BCUT2D eigenvalue weighted by Gasteiger charge is -2.21. The summed E-state index contributed by atoms with van der Waals surface area (Å²) in [6.07, 6.45) is 13.1. The molecule has 4 aromatic rings. The van der Waals surface area contributed by atoms with E-state index in [1.165, 1.54) is 75.8 Å². The van der Waals surface area contributed by atoms with Gasteiger partial charge in [0.1, 0.15) is 17.1 Å². The Bertz CT molecular complexity index is 1720. The lowest BCUT2D eigenvalue weighted by molar-refractivity contribution is 0.351. The van der Waals surface area contributed by atoms with Crippen LogP contribution in [0.1, 0.15) is 112 Å². The van der Waals surface area contributed by atoms with Gasteiger partial charge in [-0.1, -0.05) is 18.2 Å². The Balaban J connectivity index is 0.000000168. The first-order valence-electron chi connectivity index (χ1n) is 17.4. The SMILES string of the molecule is NCC[C@@H]1CCc2cc(C3C[C@@H](CCN)c4c3ccc3c4CCO3)c3c(c21)CCO3.NCC[C@@H]1CCc2ccc3occc3c21. The first kappa shape index (κ1) is 29.1. The third-order valence-corrected chi connectivity index (χ3v) is 11.4. The van der Waals surface area contributed by atoms with Crippen LogP contribution in [0.3, 0.4) is 0 Å².